The van der Waals surface area contributed by atoms with Gasteiger partial charge in [0.15, 0.2) is 17.3 Å². The van der Waals surface area contributed by atoms with Gasteiger partial charge in [-0.05, 0) is 54.5 Å². The normalized spacial score (nSPS) is 11.2. The number of nitrogens with zero attached hydrogens (tertiary/aromatic N) is 3. The van der Waals surface area contributed by atoms with Crippen LogP contribution < -0.4 is 5.32 Å². The number of furan rings is 1. The summed E-state index contributed by atoms with van der Waals surface area (Å²) >= 11 is 0. The van der Waals surface area contributed by atoms with Crippen LogP contribution in [0.2, 0.25) is 0 Å². The number of hydrogen-bond acceptors (Lipinski definition) is 8. The zero-order valence-electron chi connectivity index (χ0n) is 16.2. The molecule has 0 fully saturated rings. The van der Waals surface area contributed by atoms with Crippen molar-refractivity contribution in [3.05, 3.63) is 81.9 Å². The minimum absolute atomic E-state index is 0.156. The van der Waals surface area contributed by atoms with Crippen molar-refractivity contribution in [1.82, 2.24) is 9.97 Å². The van der Waals surface area contributed by atoms with Gasteiger partial charge in [-0.15, -0.1) is 0 Å². The predicted octanol–water partition coefficient (Wildman–Crippen LogP) is 4.37. The topological polar surface area (TPSA) is 135 Å². The molecule has 4 aromatic rings. The highest BCUT2D eigenvalue weighted by Crippen LogP contribution is 2.26. The van der Waals surface area contributed by atoms with E-state index in [1.165, 1.54) is 24.3 Å². The van der Waals surface area contributed by atoms with Gasteiger partial charge in [0.1, 0.15) is 16.5 Å². The number of hydrogen-bond donors (Lipinski definition) is 3. The lowest BCUT2D eigenvalue weighted by molar-refractivity contribution is -0.402. The van der Waals surface area contributed by atoms with E-state index in [0.717, 1.165) is 16.5 Å². The zero-order chi connectivity index (χ0) is 21.8. The van der Waals surface area contributed by atoms with E-state index in [1.807, 2.05) is 24.3 Å². The fourth-order valence-corrected chi connectivity index (χ4v) is 3.04. The third-order valence-corrected chi connectivity index (χ3v) is 4.56. The second-order valence-corrected chi connectivity index (χ2v) is 6.71. The molecule has 9 heteroatoms. The standard InChI is InChI=1S/C22H18N4O5/c27-18-8-5-14(13-19(18)28)11-12-23-22-16-3-1-2-4-17(16)24-20(25-22)9-6-15-7-10-21(31-15)26(29)30/h1-10,13,27-28H,11-12H2,(H,23,24,25). The highest BCUT2D eigenvalue weighted by molar-refractivity contribution is 5.90. The number of fused-ring (bicyclic) bond motifs is 1. The van der Waals surface area contributed by atoms with E-state index in [0.29, 0.717) is 30.4 Å². The van der Waals surface area contributed by atoms with Gasteiger partial charge < -0.3 is 19.9 Å². The molecule has 0 atom stereocenters. The highest BCUT2D eigenvalue weighted by atomic mass is 16.6. The minimum atomic E-state index is -0.597. The summed E-state index contributed by atoms with van der Waals surface area (Å²) in [6.45, 7) is 0.540. The first-order valence-electron chi connectivity index (χ1n) is 9.43. The maximum atomic E-state index is 10.7. The van der Waals surface area contributed by atoms with Crippen LogP contribution in [0.25, 0.3) is 23.1 Å². The Balaban J connectivity index is 1.54. The number of anilines is 1. The average molecular weight is 418 g/mol. The van der Waals surface area contributed by atoms with Crippen molar-refractivity contribution in [2.75, 3.05) is 11.9 Å². The number of aromatic hydroxyl groups is 2. The number of aromatic nitrogens is 2. The summed E-state index contributed by atoms with van der Waals surface area (Å²) in [6, 6.07) is 15.1. The van der Waals surface area contributed by atoms with Gasteiger partial charge in [0.25, 0.3) is 0 Å². The molecule has 156 valence electrons. The van der Waals surface area contributed by atoms with E-state index in [2.05, 4.69) is 15.3 Å². The van der Waals surface area contributed by atoms with Crippen molar-refractivity contribution in [3.63, 3.8) is 0 Å². The molecule has 0 radical (unpaired) electrons. The quantitative estimate of drug-likeness (QED) is 0.229. The zero-order valence-corrected chi connectivity index (χ0v) is 16.2. The van der Waals surface area contributed by atoms with Crippen molar-refractivity contribution >= 4 is 34.8 Å². The Bertz CT molecular complexity index is 1280. The summed E-state index contributed by atoms with van der Waals surface area (Å²) in [4.78, 5) is 19.2. The summed E-state index contributed by atoms with van der Waals surface area (Å²) in [7, 11) is 0. The molecule has 9 nitrogen and oxygen atoms in total. The fourth-order valence-electron chi connectivity index (χ4n) is 3.04. The number of nitrogens with one attached hydrogen (secondary N) is 1. The molecule has 2 heterocycles. The Kier molecular flexibility index (Phi) is 5.48. The van der Waals surface area contributed by atoms with Gasteiger partial charge >= 0.3 is 5.88 Å². The first kappa shape index (κ1) is 19.9. The van der Waals surface area contributed by atoms with Crippen LogP contribution in [0.4, 0.5) is 11.7 Å². The van der Waals surface area contributed by atoms with E-state index in [9.17, 15) is 20.3 Å². The Morgan fingerprint density at radius 1 is 1.03 bits per heavy atom. The average Bonchev–Trinajstić information content (AvgIpc) is 3.24. The number of nitro groups is 1. The first-order valence-corrected chi connectivity index (χ1v) is 9.43. The Morgan fingerprint density at radius 3 is 2.65 bits per heavy atom. The number of para-hydroxylation sites is 1. The molecule has 0 saturated heterocycles. The molecule has 4 rings (SSSR count). The molecule has 31 heavy (non-hydrogen) atoms. The molecular formula is C22H18N4O5. The van der Waals surface area contributed by atoms with Crippen LogP contribution in [0.15, 0.2) is 59.0 Å². The molecular weight excluding hydrogens is 400 g/mol. The van der Waals surface area contributed by atoms with E-state index >= 15 is 0 Å². The fraction of sp³-hybridized carbons (Fsp3) is 0.0909. The van der Waals surface area contributed by atoms with Gasteiger partial charge in [-0.2, -0.15) is 0 Å². The summed E-state index contributed by atoms with van der Waals surface area (Å²) in [5.41, 5.74) is 1.60. The molecule has 0 saturated carbocycles. The molecule has 2 aromatic carbocycles. The predicted molar refractivity (Wildman–Crippen MR) is 116 cm³/mol. The highest BCUT2D eigenvalue weighted by Gasteiger charge is 2.11. The maximum absolute atomic E-state index is 10.7. The molecule has 0 aliphatic rings. The van der Waals surface area contributed by atoms with E-state index in [-0.39, 0.29) is 17.4 Å². The van der Waals surface area contributed by atoms with Crippen molar-refractivity contribution in [1.29, 1.82) is 0 Å². The smallest absolute Gasteiger partial charge is 0.433 e. The first-order chi connectivity index (χ1) is 15.0. The molecule has 0 bridgehead atoms. The largest absolute Gasteiger partial charge is 0.504 e. The van der Waals surface area contributed by atoms with Gasteiger partial charge in [0, 0.05) is 11.9 Å². The Morgan fingerprint density at radius 2 is 1.87 bits per heavy atom. The van der Waals surface area contributed by atoms with Crippen molar-refractivity contribution < 1.29 is 19.6 Å². The summed E-state index contributed by atoms with van der Waals surface area (Å²) < 4.78 is 5.12. The number of rotatable bonds is 7. The molecule has 0 aliphatic heterocycles. The molecule has 2 aromatic heterocycles. The van der Waals surface area contributed by atoms with Crippen LogP contribution in [0.1, 0.15) is 17.1 Å². The van der Waals surface area contributed by atoms with E-state index in [4.69, 9.17) is 4.42 Å². The lowest BCUT2D eigenvalue weighted by Crippen LogP contribution is -2.08. The number of phenolic OH excluding ortho intramolecular Hbond substituents is 2. The Hall–Kier alpha value is -4.40. The lowest BCUT2D eigenvalue weighted by atomic mass is 10.1. The van der Waals surface area contributed by atoms with E-state index in [1.54, 1.807) is 18.2 Å². The number of benzene rings is 2. The van der Waals surface area contributed by atoms with Crippen LogP contribution >= 0.6 is 0 Å². The molecule has 0 amide bonds. The van der Waals surface area contributed by atoms with Gasteiger partial charge in [0.05, 0.1) is 11.6 Å². The molecule has 0 aliphatic carbocycles. The van der Waals surface area contributed by atoms with Gasteiger partial charge in [-0.1, -0.05) is 18.2 Å². The molecule has 3 N–H and O–H groups in total. The summed E-state index contributed by atoms with van der Waals surface area (Å²) in [5.74, 6) is 0.736. The van der Waals surface area contributed by atoms with E-state index < -0.39 is 4.92 Å². The third-order valence-electron chi connectivity index (χ3n) is 4.56. The van der Waals surface area contributed by atoms with Crippen molar-refractivity contribution in [3.8, 4) is 11.5 Å². The second-order valence-electron chi connectivity index (χ2n) is 6.71. The third kappa shape index (κ3) is 4.61. The van der Waals surface area contributed by atoms with Gasteiger partial charge in [-0.25, -0.2) is 9.97 Å². The number of phenols is 2. The second kappa shape index (κ2) is 8.54. The van der Waals surface area contributed by atoms with Gasteiger partial charge in [-0.3, -0.25) is 10.1 Å². The van der Waals surface area contributed by atoms with Crippen LogP contribution in [0.5, 0.6) is 11.5 Å². The van der Waals surface area contributed by atoms with Crippen molar-refractivity contribution in [2.24, 2.45) is 0 Å². The molecule has 0 unspecified atom stereocenters. The van der Waals surface area contributed by atoms with Crippen molar-refractivity contribution in [2.45, 2.75) is 6.42 Å². The minimum Gasteiger partial charge on any atom is -0.504 e. The maximum Gasteiger partial charge on any atom is 0.433 e. The van der Waals surface area contributed by atoms with Crippen LogP contribution in [0, 0.1) is 10.1 Å². The monoisotopic (exact) mass is 418 g/mol. The summed E-state index contributed by atoms with van der Waals surface area (Å²) in [6.07, 6.45) is 3.80. The SMILES string of the molecule is O=[N+]([O-])c1ccc(C=Cc2nc(NCCc3ccc(O)c(O)c3)c3ccccc3n2)o1. The lowest BCUT2D eigenvalue weighted by Gasteiger charge is -2.10. The molecule has 0 spiro atoms. The summed E-state index contributed by atoms with van der Waals surface area (Å²) in [5, 5.41) is 33.9. The van der Waals surface area contributed by atoms with Gasteiger partial charge in [0.2, 0.25) is 0 Å². The Labute approximate surface area is 176 Å². The van der Waals surface area contributed by atoms with Crippen LogP contribution in [-0.2, 0) is 6.42 Å². The van der Waals surface area contributed by atoms with Crippen LogP contribution in [0.3, 0.4) is 0 Å². The van der Waals surface area contributed by atoms with Crippen LogP contribution in [-0.4, -0.2) is 31.6 Å².